The first-order chi connectivity index (χ1) is 27.4. The van der Waals surface area contributed by atoms with Crippen molar-refractivity contribution in [2.45, 2.75) is 127 Å². The Morgan fingerprint density at radius 2 is 1.12 bits per heavy atom. The Kier molecular flexibility index (Phi) is 49.2. The highest BCUT2D eigenvalue weighted by Gasteiger charge is 2.04. The molecule has 0 aliphatic heterocycles. The molecular formula is C43H70O15. The molecule has 1 unspecified atom stereocenters. The van der Waals surface area contributed by atoms with Crippen LogP contribution in [-0.2, 0) is 54.1 Å². The van der Waals surface area contributed by atoms with Crippen molar-refractivity contribution in [2.75, 3.05) is 33.0 Å². The summed E-state index contributed by atoms with van der Waals surface area (Å²) in [7, 11) is 0. The molecule has 0 radical (unpaired) electrons. The molecule has 58 heavy (non-hydrogen) atoms. The van der Waals surface area contributed by atoms with Crippen LogP contribution in [-0.4, -0.2) is 96.4 Å². The third kappa shape index (κ3) is 52.8. The highest BCUT2D eigenvalue weighted by atomic mass is 16.5. The monoisotopic (exact) mass is 826 g/mol. The molecule has 0 aromatic heterocycles. The number of ether oxygens (including phenoxy) is 5. The van der Waals surface area contributed by atoms with Gasteiger partial charge in [0.1, 0.15) is 18.5 Å². The van der Waals surface area contributed by atoms with Gasteiger partial charge in [0.05, 0.1) is 39.1 Å². The molecule has 0 bridgehead atoms. The van der Waals surface area contributed by atoms with Crippen molar-refractivity contribution in [1.29, 1.82) is 0 Å². The maximum atomic E-state index is 10.4. The van der Waals surface area contributed by atoms with Gasteiger partial charge in [0.25, 0.3) is 0 Å². The summed E-state index contributed by atoms with van der Waals surface area (Å²) in [6.07, 6.45) is 4.19. The Labute approximate surface area is 345 Å². The average molecular weight is 827 g/mol. The summed E-state index contributed by atoms with van der Waals surface area (Å²) in [6, 6.07) is 14.5. The van der Waals surface area contributed by atoms with Crippen molar-refractivity contribution in [3.05, 3.63) is 59.7 Å². The lowest BCUT2D eigenvalue weighted by Gasteiger charge is -2.04. The molecule has 2 aromatic carbocycles. The minimum Gasteiger partial charge on any atom is -0.504 e. The molecule has 2 rings (SSSR count). The number of aliphatic carboxylic acids is 1. The largest absolute Gasteiger partial charge is 0.504 e. The van der Waals surface area contributed by atoms with Gasteiger partial charge in [0.2, 0.25) is 0 Å². The van der Waals surface area contributed by atoms with E-state index in [0.29, 0.717) is 63.5 Å². The second-order valence-corrected chi connectivity index (χ2v) is 11.3. The number of carboxylic acids is 1. The Bertz CT molecular complexity index is 1310. The second-order valence-electron chi connectivity index (χ2n) is 11.3. The van der Waals surface area contributed by atoms with Gasteiger partial charge in [-0.2, -0.15) is 0 Å². The van der Waals surface area contributed by atoms with E-state index in [2.05, 4.69) is 18.9 Å². The molecule has 0 spiro atoms. The number of ketones is 1. The van der Waals surface area contributed by atoms with Crippen LogP contribution in [0, 0.1) is 0 Å². The summed E-state index contributed by atoms with van der Waals surface area (Å²) in [4.78, 5) is 71.0. The Hall–Kier alpha value is -5.31. The first-order valence-corrected chi connectivity index (χ1v) is 19.3. The standard InChI is InChI=1S/C9H10O3.C9H12O.C6H10O3.2C6H12O2.C4H8O2.C3H6O2/c1-2-12-9-5-7(6-10)3-4-8(9)11;1-8(10)7-9-5-3-2-4-6-9;1-3-9-6(8)4-5(2)7;2*1-3-5-6(7)8-4-2;1-3-6-4(2)5;1-2-3(4)5/h3-6,11H,2H2,1H3;2-6,8,10H,7H2,1H3;3-4H2,1-2H3;2*3-5H2,1-2H3;3H2,1-2H3;2H2,1H3,(H,4,5). The number of benzene rings is 2. The normalized spacial score (nSPS) is 9.38. The zero-order chi connectivity index (χ0) is 45.7. The van der Waals surface area contributed by atoms with Gasteiger partial charge in [-0.3, -0.25) is 33.6 Å². The van der Waals surface area contributed by atoms with Crippen LogP contribution in [0.5, 0.6) is 11.5 Å². The first kappa shape index (κ1) is 61.9. The van der Waals surface area contributed by atoms with Gasteiger partial charge in [-0.1, -0.05) is 51.1 Å². The van der Waals surface area contributed by atoms with Crippen molar-refractivity contribution >= 4 is 41.9 Å². The summed E-state index contributed by atoms with van der Waals surface area (Å²) < 4.78 is 23.3. The van der Waals surface area contributed by atoms with Crippen LogP contribution < -0.4 is 4.74 Å². The van der Waals surface area contributed by atoms with Crippen molar-refractivity contribution in [3.63, 3.8) is 0 Å². The fourth-order valence-corrected chi connectivity index (χ4v) is 3.32. The van der Waals surface area contributed by atoms with Gasteiger partial charge < -0.3 is 39.0 Å². The van der Waals surface area contributed by atoms with Crippen LogP contribution in [0.1, 0.15) is 131 Å². The van der Waals surface area contributed by atoms with E-state index in [0.717, 1.165) is 19.3 Å². The number of carboxylic acid groups (broad SMARTS) is 1. The summed E-state index contributed by atoms with van der Waals surface area (Å²) in [6.45, 7) is 21.3. The maximum absolute atomic E-state index is 10.4. The van der Waals surface area contributed by atoms with Crippen LogP contribution in [0.25, 0.3) is 0 Å². The fraction of sp³-hybridized carbons (Fsp3) is 0.558. The molecule has 0 saturated carbocycles. The van der Waals surface area contributed by atoms with E-state index in [1.54, 1.807) is 27.7 Å². The van der Waals surface area contributed by atoms with Crippen LogP contribution in [0.3, 0.4) is 0 Å². The minimum atomic E-state index is -0.745. The molecule has 0 fully saturated rings. The molecule has 0 saturated heterocycles. The number of aromatic hydroxyl groups is 1. The highest BCUT2D eigenvalue weighted by molar-refractivity contribution is 5.94. The number of rotatable bonds is 16. The van der Waals surface area contributed by atoms with E-state index < -0.39 is 11.9 Å². The third-order valence-corrected chi connectivity index (χ3v) is 5.66. The molecule has 0 aliphatic carbocycles. The number of hydrogen-bond acceptors (Lipinski definition) is 14. The smallest absolute Gasteiger partial charge is 0.313 e. The Morgan fingerprint density at radius 3 is 1.43 bits per heavy atom. The van der Waals surface area contributed by atoms with Crippen LogP contribution >= 0.6 is 0 Å². The number of Topliss-reactive ketones (excluding diaryl/α,β-unsaturated/α-hetero) is 1. The fourth-order valence-electron chi connectivity index (χ4n) is 3.32. The molecule has 1 atom stereocenters. The van der Waals surface area contributed by atoms with Crippen molar-refractivity contribution in [3.8, 4) is 11.5 Å². The minimum absolute atomic E-state index is 0.0578. The zero-order valence-electron chi connectivity index (χ0n) is 36.5. The van der Waals surface area contributed by atoms with Crippen LogP contribution in [0.15, 0.2) is 48.5 Å². The Balaban J connectivity index is -0.000000192. The molecular weight excluding hydrogens is 756 g/mol. The number of esters is 4. The Morgan fingerprint density at radius 1 is 0.672 bits per heavy atom. The van der Waals surface area contributed by atoms with Gasteiger partial charge in [-0.05, 0) is 91.5 Å². The highest BCUT2D eigenvalue weighted by Crippen LogP contribution is 2.25. The van der Waals surface area contributed by atoms with E-state index in [4.69, 9.17) is 14.9 Å². The van der Waals surface area contributed by atoms with Gasteiger partial charge in [-0.25, -0.2) is 0 Å². The molecule has 0 amide bonds. The number of phenolic OH excluding ortho intramolecular Hbond substituents is 1. The molecule has 15 heteroatoms. The quantitative estimate of drug-likeness (QED) is 0.0645. The van der Waals surface area contributed by atoms with Gasteiger partial charge in [0, 0.05) is 31.7 Å². The maximum Gasteiger partial charge on any atom is 0.313 e. The summed E-state index contributed by atoms with van der Waals surface area (Å²) >= 11 is 0. The number of aldehydes is 1. The first-order valence-electron chi connectivity index (χ1n) is 19.3. The van der Waals surface area contributed by atoms with Crippen molar-refractivity contribution < 1.29 is 72.6 Å². The number of phenols is 1. The van der Waals surface area contributed by atoms with Crippen molar-refractivity contribution in [1.82, 2.24) is 0 Å². The topological polar surface area (TPSA) is 226 Å². The number of carbonyl (C=O) groups excluding carboxylic acids is 6. The van der Waals surface area contributed by atoms with E-state index in [1.807, 2.05) is 65.0 Å². The molecule has 0 heterocycles. The summed E-state index contributed by atoms with van der Waals surface area (Å²) in [5.74, 6) is -1.32. The lowest BCUT2D eigenvalue weighted by Crippen LogP contribution is -2.07. The second kappa shape index (κ2) is 46.1. The van der Waals surface area contributed by atoms with E-state index in [9.17, 15) is 38.7 Å². The zero-order valence-corrected chi connectivity index (χ0v) is 36.5. The van der Waals surface area contributed by atoms with Gasteiger partial charge in [0.15, 0.2) is 11.5 Å². The van der Waals surface area contributed by atoms with Crippen molar-refractivity contribution in [2.24, 2.45) is 0 Å². The van der Waals surface area contributed by atoms with Gasteiger partial charge in [-0.15, -0.1) is 0 Å². The third-order valence-electron chi connectivity index (χ3n) is 5.66. The average Bonchev–Trinajstić information content (AvgIpc) is 3.14. The number of aliphatic hydroxyl groups is 1. The number of carbonyl (C=O) groups is 7. The lowest BCUT2D eigenvalue weighted by molar-refractivity contribution is -0.146. The number of aliphatic hydroxyl groups excluding tert-OH is 1. The number of hydrogen-bond donors (Lipinski definition) is 3. The predicted octanol–water partition coefficient (Wildman–Crippen LogP) is 7.49. The molecule has 15 nitrogen and oxygen atoms in total. The van der Waals surface area contributed by atoms with Crippen LogP contribution in [0.4, 0.5) is 0 Å². The van der Waals surface area contributed by atoms with Gasteiger partial charge >= 0.3 is 29.8 Å². The summed E-state index contributed by atoms with van der Waals surface area (Å²) in [5, 5.41) is 25.9. The van der Waals surface area contributed by atoms with E-state index >= 15 is 0 Å². The molecule has 0 aliphatic rings. The van der Waals surface area contributed by atoms with E-state index in [-0.39, 0.29) is 48.4 Å². The molecule has 2 aromatic rings. The van der Waals surface area contributed by atoms with E-state index in [1.165, 1.54) is 37.6 Å². The molecule has 332 valence electrons. The molecule has 3 N–H and O–H groups in total. The lowest BCUT2D eigenvalue weighted by atomic mass is 10.1. The summed E-state index contributed by atoms with van der Waals surface area (Å²) in [5.41, 5.74) is 1.69. The predicted molar refractivity (Wildman–Crippen MR) is 222 cm³/mol. The SMILES string of the molecule is CC(O)Cc1ccccc1.CCC(=O)O.CCCC(=O)OCC.CCCC(=O)OCC.CCOC(=O)CC(C)=O.CCOC(C)=O.CCOc1cc(C=O)ccc1O. The van der Waals surface area contributed by atoms with Crippen LogP contribution in [0.2, 0.25) is 0 Å².